The number of aliphatic hydroxyl groups excluding tert-OH is 1. The molecule has 2 heterocycles. The second kappa shape index (κ2) is 8.36. The lowest BCUT2D eigenvalue weighted by Crippen LogP contribution is -2.39. The molecule has 1 saturated carbocycles. The number of ether oxygens (including phenoxy) is 3. The van der Waals surface area contributed by atoms with Gasteiger partial charge in [0.05, 0.1) is 12.2 Å². The van der Waals surface area contributed by atoms with Crippen LogP contribution >= 0.6 is 0 Å². The Morgan fingerprint density at radius 1 is 1.20 bits per heavy atom. The monoisotopic (exact) mass is 372 g/mol. The van der Waals surface area contributed by atoms with Crippen LogP contribution in [-0.4, -0.2) is 51.4 Å². The van der Waals surface area contributed by atoms with E-state index in [1.54, 1.807) is 0 Å². The summed E-state index contributed by atoms with van der Waals surface area (Å²) in [6, 6.07) is 1.17. The smallest absolute Gasteiger partial charge is 0.186 e. The van der Waals surface area contributed by atoms with Crippen LogP contribution in [0.15, 0.2) is 0 Å². The molecule has 3 rings (SSSR count). The first kappa shape index (κ1) is 19.8. The molecule has 2 aliphatic heterocycles. The van der Waals surface area contributed by atoms with Crippen molar-refractivity contribution in [2.24, 2.45) is 17.8 Å². The van der Waals surface area contributed by atoms with Crippen molar-refractivity contribution in [3.05, 3.63) is 0 Å². The van der Waals surface area contributed by atoms with Gasteiger partial charge in [-0.05, 0) is 50.2 Å². The Bertz CT molecular complexity index is 424. The fourth-order valence-corrected chi connectivity index (χ4v) is 7.60. The molecule has 146 valence electrons. The van der Waals surface area contributed by atoms with Crippen molar-refractivity contribution in [3.63, 3.8) is 0 Å². The third kappa shape index (κ3) is 5.27. The fourth-order valence-electron chi connectivity index (χ4n) is 4.87. The highest BCUT2D eigenvalue weighted by molar-refractivity contribution is 6.71. The average molecular weight is 373 g/mol. The Labute approximate surface area is 153 Å². The van der Waals surface area contributed by atoms with Gasteiger partial charge < -0.3 is 23.7 Å². The third-order valence-corrected chi connectivity index (χ3v) is 8.55. The van der Waals surface area contributed by atoms with E-state index in [4.69, 9.17) is 18.6 Å². The molecular weight excluding hydrogens is 336 g/mol. The predicted molar refractivity (Wildman–Crippen MR) is 98.6 cm³/mol. The molecule has 0 spiro atoms. The first-order chi connectivity index (χ1) is 11.8. The maximum Gasteiger partial charge on any atom is 0.186 e. The second-order valence-corrected chi connectivity index (χ2v) is 13.3. The van der Waals surface area contributed by atoms with Gasteiger partial charge in [0.15, 0.2) is 20.9 Å². The molecule has 2 unspecified atom stereocenters. The molecule has 0 amide bonds. The van der Waals surface area contributed by atoms with E-state index in [0.717, 1.165) is 32.5 Å². The van der Waals surface area contributed by atoms with Crippen LogP contribution in [0, 0.1) is 17.8 Å². The lowest BCUT2D eigenvalue weighted by molar-refractivity contribution is -0.201. The van der Waals surface area contributed by atoms with E-state index in [0.29, 0.717) is 24.2 Å². The minimum Gasteiger partial charge on any atom is -0.417 e. The van der Waals surface area contributed by atoms with E-state index in [-0.39, 0.29) is 18.5 Å². The van der Waals surface area contributed by atoms with Crippen molar-refractivity contribution in [2.75, 3.05) is 13.2 Å². The SMILES string of the molecule is CC(C)C[Si](C)(C)OC[C@@H]1[C@H]2CC(O)O[C@H]2C[C@H]1OC1CCCCO1. The van der Waals surface area contributed by atoms with Crippen LogP contribution in [0.5, 0.6) is 0 Å². The van der Waals surface area contributed by atoms with Gasteiger partial charge in [-0.1, -0.05) is 13.8 Å². The summed E-state index contributed by atoms with van der Waals surface area (Å²) in [7, 11) is -1.67. The molecule has 0 aromatic heterocycles. The van der Waals surface area contributed by atoms with Crippen LogP contribution in [0.25, 0.3) is 0 Å². The Hall–Kier alpha value is 0.0169. The number of hydrogen-bond acceptors (Lipinski definition) is 5. The van der Waals surface area contributed by atoms with E-state index >= 15 is 0 Å². The van der Waals surface area contributed by atoms with Gasteiger partial charge in [-0.25, -0.2) is 0 Å². The zero-order valence-corrected chi connectivity index (χ0v) is 17.3. The molecule has 5 nitrogen and oxygen atoms in total. The summed E-state index contributed by atoms with van der Waals surface area (Å²) in [5.74, 6) is 1.30. The lowest BCUT2D eigenvalue weighted by Gasteiger charge is -2.33. The predicted octanol–water partition coefficient (Wildman–Crippen LogP) is 3.52. The quantitative estimate of drug-likeness (QED) is 0.693. The highest BCUT2D eigenvalue weighted by Gasteiger charge is 2.51. The molecule has 0 bridgehead atoms. The molecule has 1 N–H and O–H groups in total. The van der Waals surface area contributed by atoms with Gasteiger partial charge in [-0.3, -0.25) is 0 Å². The van der Waals surface area contributed by atoms with Gasteiger partial charge in [0.25, 0.3) is 0 Å². The van der Waals surface area contributed by atoms with Crippen LogP contribution in [0.3, 0.4) is 0 Å². The molecular formula is C19H36O5Si. The molecule has 3 aliphatic rings. The van der Waals surface area contributed by atoms with Crippen molar-refractivity contribution >= 4 is 8.32 Å². The summed E-state index contributed by atoms with van der Waals surface area (Å²) < 4.78 is 24.3. The summed E-state index contributed by atoms with van der Waals surface area (Å²) in [6.07, 6.45) is 4.37. The Balaban J connectivity index is 1.60. The molecule has 1 aliphatic carbocycles. The zero-order valence-electron chi connectivity index (χ0n) is 16.3. The number of rotatable bonds is 7. The van der Waals surface area contributed by atoms with E-state index in [9.17, 15) is 5.11 Å². The van der Waals surface area contributed by atoms with Crippen LogP contribution in [0.2, 0.25) is 19.1 Å². The van der Waals surface area contributed by atoms with Crippen LogP contribution in [0.1, 0.15) is 46.0 Å². The van der Waals surface area contributed by atoms with Gasteiger partial charge in [-0.2, -0.15) is 0 Å². The molecule has 0 aromatic rings. The van der Waals surface area contributed by atoms with Crippen LogP contribution in [0.4, 0.5) is 0 Å². The van der Waals surface area contributed by atoms with Crippen LogP contribution < -0.4 is 0 Å². The average Bonchev–Trinajstić information content (AvgIpc) is 3.01. The van der Waals surface area contributed by atoms with E-state index < -0.39 is 14.6 Å². The standard InChI is InChI=1S/C19H36O5Si/c1-13(2)12-25(3,4)22-11-15-14-9-18(20)23-16(14)10-17(15)24-19-7-5-6-8-21-19/h13-20H,5-12H2,1-4H3/t14-,15-,16+,17-,18?,19?/m1/s1. The van der Waals surface area contributed by atoms with E-state index in [1.807, 2.05) is 0 Å². The Kier molecular flexibility index (Phi) is 6.61. The Morgan fingerprint density at radius 2 is 2.00 bits per heavy atom. The molecule has 25 heavy (non-hydrogen) atoms. The normalized spacial score (nSPS) is 39.1. The van der Waals surface area contributed by atoms with Gasteiger partial charge >= 0.3 is 0 Å². The molecule has 2 saturated heterocycles. The first-order valence-corrected chi connectivity index (χ1v) is 13.2. The molecule has 3 fully saturated rings. The third-order valence-electron chi connectivity index (χ3n) is 5.81. The fraction of sp³-hybridized carbons (Fsp3) is 1.00. The lowest BCUT2D eigenvalue weighted by atomic mass is 9.93. The minimum absolute atomic E-state index is 0.0779. The maximum absolute atomic E-state index is 9.89. The number of fused-ring (bicyclic) bond motifs is 1. The van der Waals surface area contributed by atoms with Gasteiger partial charge in [0.1, 0.15) is 0 Å². The number of hydrogen-bond donors (Lipinski definition) is 1. The van der Waals surface area contributed by atoms with Gasteiger partial charge in [0.2, 0.25) is 0 Å². The van der Waals surface area contributed by atoms with Crippen molar-refractivity contribution in [2.45, 2.75) is 89.9 Å². The van der Waals surface area contributed by atoms with Gasteiger partial charge in [0, 0.05) is 32.0 Å². The van der Waals surface area contributed by atoms with Gasteiger partial charge in [-0.15, -0.1) is 0 Å². The molecule has 6 heteroatoms. The summed E-state index contributed by atoms with van der Waals surface area (Å²) in [5.41, 5.74) is 0. The topological polar surface area (TPSA) is 57.2 Å². The first-order valence-electron chi connectivity index (χ1n) is 10.1. The van der Waals surface area contributed by atoms with Crippen molar-refractivity contribution in [1.29, 1.82) is 0 Å². The summed E-state index contributed by atoms with van der Waals surface area (Å²) in [4.78, 5) is 0. The molecule has 0 aromatic carbocycles. The molecule has 0 radical (unpaired) electrons. The van der Waals surface area contributed by atoms with Crippen molar-refractivity contribution in [3.8, 4) is 0 Å². The number of aliphatic hydroxyl groups is 1. The largest absolute Gasteiger partial charge is 0.417 e. The summed E-state index contributed by atoms with van der Waals surface area (Å²) in [5, 5.41) is 9.89. The van der Waals surface area contributed by atoms with Crippen LogP contribution in [-0.2, 0) is 18.6 Å². The van der Waals surface area contributed by atoms with E-state index in [1.165, 1.54) is 12.5 Å². The van der Waals surface area contributed by atoms with Crippen molar-refractivity contribution in [1.82, 2.24) is 0 Å². The Morgan fingerprint density at radius 3 is 2.68 bits per heavy atom. The highest BCUT2D eigenvalue weighted by Crippen LogP contribution is 2.45. The van der Waals surface area contributed by atoms with E-state index in [2.05, 4.69) is 26.9 Å². The maximum atomic E-state index is 9.89. The minimum atomic E-state index is -1.67. The zero-order chi connectivity index (χ0) is 18.0. The second-order valence-electron chi connectivity index (χ2n) is 9.07. The summed E-state index contributed by atoms with van der Waals surface area (Å²) in [6.45, 7) is 10.7. The molecule has 6 atom stereocenters. The van der Waals surface area contributed by atoms with Crippen molar-refractivity contribution < 1.29 is 23.7 Å². The summed E-state index contributed by atoms with van der Waals surface area (Å²) >= 11 is 0. The highest BCUT2D eigenvalue weighted by atomic mass is 28.4.